The van der Waals surface area contributed by atoms with Crippen LogP contribution in [0.25, 0.3) is 0 Å². The molecule has 1 aliphatic carbocycles. The highest BCUT2D eigenvalue weighted by Gasteiger charge is 2.73. The van der Waals surface area contributed by atoms with Crippen LogP contribution in [0.3, 0.4) is 0 Å². The third kappa shape index (κ3) is 8.02. The standard InChI is InChI=1S/C31H48O11Si/c1-12-31(42-43(10,11)28(2,3)4)21-30(31,27(36)41-9)20-16-15-19-29(25(34)39-7,26(35)40-8)18-14-13-17-22(23(32)37-5)24(33)38-6/h12-16,22H,1,17-21H2,2-11H3/b14-13+,16-15+/t30-,31+/m1/s1. The Morgan fingerprint density at radius 2 is 1.28 bits per heavy atom. The van der Waals surface area contributed by atoms with Crippen molar-refractivity contribution in [1.82, 2.24) is 0 Å². The van der Waals surface area contributed by atoms with Crippen LogP contribution in [0.15, 0.2) is 37.0 Å². The summed E-state index contributed by atoms with van der Waals surface area (Å²) in [6, 6.07) is 0. The number of carbonyl (C=O) groups excluding carboxylic acids is 5. The number of methoxy groups -OCH3 is 5. The fraction of sp³-hybridized carbons (Fsp3) is 0.645. The number of carbonyl (C=O) groups is 5. The van der Waals surface area contributed by atoms with E-state index in [0.717, 1.165) is 28.4 Å². The molecule has 0 aromatic heterocycles. The molecule has 1 aliphatic rings. The molecule has 242 valence electrons. The van der Waals surface area contributed by atoms with Crippen molar-refractivity contribution in [1.29, 1.82) is 0 Å². The molecule has 0 aromatic carbocycles. The van der Waals surface area contributed by atoms with Gasteiger partial charge in [0, 0.05) is 0 Å². The molecule has 0 aliphatic heterocycles. The normalized spacial score (nSPS) is 20.5. The second-order valence-electron chi connectivity index (χ2n) is 12.2. The van der Waals surface area contributed by atoms with Gasteiger partial charge in [0.15, 0.2) is 19.7 Å². The van der Waals surface area contributed by atoms with Gasteiger partial charge in [0.25, 0.3) is 0 Å². The van der Waals surface area contributed by atoms with Gasteiger partial charge in [-0.05, 0) is 50.2 Å². The lowest BCUT2D eigenvalue weighted by Gasteiger charge is -2.40. The first kappa shape index (κ1) is 37.8. The van der Waals surface area contributed by atoms with E-state index in [-0.39, 0.29) is 30.7 Å². The molecule has 0 N–H and O–H groups in total. The Labute approximate surface area is 256 Å². The van der Waals surface area contributed by atoms with E-state index in [2.05, 4.69) is 49.9 Å². The fourth-order valence-electron chi connectivity index (χ4n) is 4.77. The van der Waals surface area contributed by atoms with Gasteiger partial charge in [0.05, 0.1) is 41.2 Å². The summed E-state index contributed by atoms with van der Waals surface area (Å²) >= 11 is 0. The number of rotatable bonds is 16. The van der Waals surface area contributed by atoms with Crippen LogP contribution in [-0.2, 0) is 52.1 Å². The number of esters is 5. The van der Waals surface area contributed by atoms with Crippen LogP contribution in [0, 0.1) is 16.7 Å². The summed E-state index contributed by atoms with van der Waals surface area (Å²) in [6.45, 7) is 14.5. The average Bonchev–Trinajstić information content (AvgIpc) is 3.62. The highest BCUT2D eigenvalue weighted by atomic mass is 28.4. The lowest BCUT2D eigenvalue weighted by Crippen LogP contribution is -2.46. The monoisotopic (exact) mass is 624 g/mol. The summed E-state index contributed by atoms with van der Waals surface area (Å²) < 4.78 is 31.1. The smallest absolute Gasteiger partial charge is 0.323 e. The summed E-state index contributed by atoms with van der Waals surface area (Å²) in [4.78, 5) is 63.0. The van der Waals surface area contributed by atoms with Gasteiger partial charge in [-0.25, -0.2) is 0 Å². The molecule has 1 saturated carbocycles. The number of hydrogen-bond acceptors (Lipinski definition) is 11. The third-order valence-corrected chi connectivity index (χ3v) is 13.1. The molecule has 0 radical (unpaired) electrons. The number of ether oxygens (including phenoxy) is 5. The Bertz CT molecular complexity index is 1090. The molecule has 12 heteroatoms. The predicted octanol–water partition coefficient (Wildman–Crippen LogP) is 4.46. The maximum absolute atomic E-state index is 13.1. The molecular weight excluding hydrogens is 576 g/mol. The predicted molar refractivity (Wildman–Crippen MR) is 161 cm³/mol. The van der Waals surface area contributed by atoms with Crippen molar-refractivity contribution >= 4 is 38.2 Å². The Kier molecular flexibility index (Phi) is 13.1. The first-order valence-electron chi connectivity index (χ1n) is 14.0. The van der Waals surface area contributed by atoms with E-state index in [1.807, 2.05) is 0 Å². The van der Waals surface area contributed by atoms with Gasteiger partial charge in [-0.1, -0.05) is 51.2 Å². The Morgan fingerprint density at radius 1 is 0.791 bits per heavy atom. The summed E-state index contributed by atoms with van der Waals surface area (Å²) in [7, 11) is 3.64. The fourth-order valence-corrected chi connectivity index (χ4v) is 6.34. The molecule has 0 aromatic rings. The molecule has 0 amide bonds. The van der Waals surface area contributed by atoms with Crippen molar-refractivity contribution in [3.8, 4) is 0 Å². The van der Waals surface area contributed by atoms with Crippen molar-refractivity contribution in [2.45, 2.75) is 76.6 Å². The quantitative estimate of drug-likeness (QED) is 0.0790. The maximum atomic E-state index is 13.1. The van der Waals surface area contributed by atoms with E-state index < -0.39 is 60.5 Å². The molecule has 0 spiro atoms. The zero-order valence-corrected chi connectivity index (χ0v) is 28.2. The molecule has 1 rings (SSSR count). The second-order valence-corrected chi connectivity index (χ2v) is 16.9. The molecule has 43 heavy (non-hydrogen) atoms. The van der Waals surface area contributed by atoms with Gasteiger partial charge >= 0.3 is 29.8 Å². The first-order chi connectivity index (χ1) is 19.9. The minimum Gasteiger partial charge on any atom is -0.468 e. The Hall–Kier alpha value is -3.25. The molecule has 0 unspecified atom stereocenters. The van der Waals surface area contributed by atoms with Crippen LogP contribution in [-0.4, -0.2) is 79.3 Å². The SMILES string of the molecule is C=C[C@]1(O[Si](C)(C)C(C)(C)C)C[C@]1(C/C=C/CC(C/C=C/CC(C(=O)OC)C(=O)OC)(C(=O)OC)C(=O)OC)C(=O)OC. The molecular formula is C31H48O11Si. The largest absolute Gasteiger partial charge is 0.468 e. The van der Waals surface area contributed by atoms with Gasteiger partial charge in [-0.2, -0.15) is 0 Å². The zero-order valence-electron chi connectivity index (χ0n) is 27.2. The lowest BCUT2D eigenvalue weighted by atomic mass is 9.80. The minimum atomic E-state index is -2.30. The van der Waals surface area contributed by atoms with Crippen molar-refractivity contribution in [3.63, 3.8) is 0 Å². The van der Waals surface area contributed by atoms with E-state index in [9.17, 15) is 24.0 Å². The van der Waals surface area contributed by atoms with Crippen molar-refractivity contribution in [2.75, 3.05) is 35.5 Å². The zero-order chi connectivity index (χ0) is 33.3. The first-order valence-corrected chi connectivity index (χ1v) is 16.9. The van der Waals surface area contributed by atoms with E-state index in [1.165, 1.54) is 19.3 Å². The topological polar surface area (TPSA) is 141 Å². The molecule has 11 nitrogen and oxygen atoms in total. The summed E-state index contributed by atoms with van der Waals surface area (Å²) in [6.07, 6.45) is 8.24. The highest BCUT2D eigenvalue weighted by molar-refractivity contribution is 6.74. The van der Waals surface area contributed by atoms with Gasteiger partial charge < -0.3 is 28.1 Å². The van der Waals surface area contributed by atoms with Crippen LogP contribution < -0.4 is 0 Å². The summed E-state index contributed by atoms with van der Waals surface area (Å²) in [5.74, 6) is -4.86. The van der Waals surface area contributed by atoms with Crippen LogP contribution in [0.4, 0.5) is 0 Å². The molecule has 2 atom stereocenters. The van der Waals surface area contributed by atoms with Gasteiger partial charge in [-0.3, -0.25) is 24.0 Å². The van der Waals surface area contributed by atoms with Crippen molar-refractivity contribution < 1.29 is 52.1 Å². The van der Waals surface area contributed by atoms with E-state index in [4.69, 9.17) is 18.6 Å². The minimum absolute atomic E-state index is 0.0763. The van der Waals surface area contributed by atoms with Gasteiger partial charge in [-0.15, -0.1) is 6.58 Å². The maximum Gasteiger partial charge on any atom is 0.323 e. The van der Waals surface area contributed by atoms with E-state index in [0.29, 0.717) is 6.42 Å². The number of allylic oxidation sites excluding steroid dienone is 4. The Balaban J connectivity index is 3.30. The average molecular weight is 625 g/mol. The molecule has 0 saturated heterocycles. The molecule has 0 bridgehead atoms. The number of hydrogen-bond donors (Lipinski definition) is 0. The third-order valence-electron chi connectivity index (χ3n) is 8.63. The second kappa shape index (κ2) is 15.0. The van der Waals surface area contributed by atoms with Gasteiger partial charge in [0.1, 0.15) is 5.41 Å². The lowest BCUT2D eigenvalue weighted by molar-refractivity contribution is -0.169. The van der Waals surface area contributed by atoms with Crippen molar-refractivity contribution in [3.05, 3.63) is 37.0 Å². The molecule has 1 fully saturated rings. The van der Waals surface area contributed by atoms with E-state index in [1.54, 1.807) is 18.2 Å². The van der Waals surface area contributed by atoms with Crippen molar-refractivity contribution in [2.24, 2.45) is 16.7 Å². The van der Waals surface area contributed by atoms with Crippen LogP contribution in [0.5, 0.6) is 0 Å². The van der Waals surface area contributed by atoms with Crippen LogP contribution in [0.2, 0.25) is 18.1 Å². The van der Waals surface area contributed by atoms with Crippen LogP contribution >= 0.6 is 0 Å². The summed E-state index contributed by atoms with van der Waals surface area (Å²) in [5, 5.41) is -0.106. The van der Waals surface area contributed by atoms with Gasteiger partial charge in [0.2, 0.25) is 0 Å². The Morgan fingerprint density at radius 3 is 1.67 bits per heavy atom. The van der Waals surface area contributed by atoms with Crippen LogP contribution in [0.1, 0.15) is 52.9 Å². The molecule has 0 heterocycles. The summed E-state index contributed by atoms with van der Waals surface area (Å²) in [5.41, 5.74) is -3.68. The highest BCUT2D eigenvalue weighted by Crippen LogP contribution is 2.65. The van der Waals surface area contributed by atoms with E-state index >= 15 is 0 Å².